The van der Waals surface area contributed by atoms with Crippen molar-refractivity contribution in [3.63, 3.8) is 0 Å². The maximum atomic E-state index is 12.3. The topological polar surface area (TPSA) is 112 Å². The first-order valence-corrected chi connectivity index (χ1v) is 7.83. The van der Waals surface area contributed by atoms with Crippen LogP contribution in [0.5, 0.6) is 0 Å². The van der Waals surface area contributed by atoms with Gasteiger partial charge in [-0.1, -0.05) is 0 Å². The number of primary amides is 1. The minimum absolute atomic E-state index is 0.0249. The van der Waals surface area contributed by atoms with Crippen molar-refractivity contribution in [2.75, 3.05) is 0 Å². The maximum Gasteiger partial charge on any atom is 0.522 e. The van der Waals surface area contributed by atoms with E-state index >= 15 is 0 Å². The van der Waals surface area contributed by atoms with Crippen LogP contribution in [0.1, 0.15) is 33.7 Å². The third-order valence-electron chi connectivity index (χ3n) is 3.69. The molecule has 3 N–H and O–H groups in total. The zero-order valence-electron chi connectivity index (χ0n) is 12.4. The van der Waals surface area contributed by atoms with E-state index < -0.39 is 30.3 Å². The van der Waals surface area contributed by atoms with E-state index in [1.165, 1.54) is 12.3 Å². The van der Waals surface area contributed by atoms with Crippen LogP contribution >= 0.6 is 15.9 Å². The molecule has 0 aliphatic heterocycles. The molecule has 2 aromatic rings. The molecule has 0 bridgehead atoms. The fraction of sp³-hybridized carbons (Fsp3) is 0.385. The molecule has 25 heavy (non-hydrogen) atoms. The molecule has 2 aromatic heterocycles. The largest absolute Gasteiger partial charge is 0.522 e. The second-order valence-corrected chi connectivity index (χ2v) is 6.17. The molecule has 3 rings (SSSR count). The summed E-state index contributed by atoms with van der Waals surface area (Å²) < 4.78 is 41.4. The van der Waals surface area contributed by atoms with E-state index in [2.05, 4.69) is 36.1 Å². The quantitative estimate of drug-likeness (QED) is 0.774. The molecule has 0 radical (unpaired) electrons. The van der Waals surface area contributed by atoms with Gasteiger partial charge < -0.3 is 11.1 Å². The highest BCUT2D eigenvalue weighted by atomic mass is 79.9. The first-order valence-electron chi connectivity index (χ1n) is 7.04. The molecule has 1 fully saturated rings. The average molecular weight is 422 g/mol. The van der Waals surface area contributed by atoms with Crippen molar-refractivity contribution in [1.82, 2.24) is 19.9 Å². The lowest BCUT2D eigenvalue weighted by Gasteiger charge is -2.35. The van der Waals surface area contributed by atoms with E-state index in [0.29, 0.717) is 0 Å². The van der Waals surface area contributed by atoms with Crippen LogP contribution in [0.2, 0.25) is 0 Å². The van der Waals surface area contributed by atoms with E-state index in [4.69, 9.17) is 5.73 Å². The number of nitrogens with one attached hydrogen (secondary N) is 1. The Morgan fingerprint density at radius 3 is 2.68 bits per heavy atom. The number of aromatic nitrogens is 3. The Labute approximate surface area is 146 Å². The molecule has 1 saturated carbocycles. The molecule has 0 unspecified atom stereocenters. The van der Waals surface area contributed by atoms with Gasteiger partial charge in [0, 0.05) is 12.2 Å². The van der Waals surface area contributed by atoms with Crippen LogP contribution in [0, 0.1) is 0 Å². The molecule has 8 nitrogen and oxygen atoms in total. The SMILES string of the molecule is NC(=O)c1c(Br)nn2c(C(=O)N[C@H]3C[C@@H](OC(F)(F)F)C3)ccnc12. The summed E-state index contributed by atoms with van der Waals surface area (Å²) in [7, 11) is 0. The molecular formula is C13H11BrF3N5O3. The Morgan fingerprint density at radius 1 is 1.40 bits per heavy atom. The van der Waals surface area contributed by atoms with E-state index in [9.17, 15) is 22.8 Å². The van der Waals surface area contributed by atoms with E-state index in [0.717, 1.165) is 4.52 Å². The predicted molar refractivity (Wildman–Crippen MR) is 80.6 cm³/mol. The van der Waals surface area contributed by atoms with Gasteiger partial charge in [-0.05, 0) is 34.8 Å². The second kappa shape index (κ2) is 6.26. The van der Waals surface area contributed by atoms with Crippen molar-refractivity contribution < 1.29 is 27.5 Å². The molecule has 2 heterocycles. The van der Waals surface area contributed by atoms with Gasteiger partial charge >= 0.3 is 6.36 Å². The number of carbonyl (C=O) groups is 2. The van der Waals surface area contributed by atoms with Crippen LogP contribution in [-0.4, -0.2) is 44.9 Å². The molecule has 0 spiro atoms. The normalized spacial score (nSPS) is 20.3. The first-order chi connectivity index (χ1) is 11.7. The zero-order valence-corrected chi connectivity index (χ0v) is 14.0. The lowest BCUT2D eigenvalue weighted by Crippen LogP contribution is -2.49. The van der Waals surface area contributed by atoms with Gasteiger partial charge in [0.25, 0.3) is 11.8 Å². The smallest absolute Gasteiger partial charge is 0.365 e. The number of hydrogen-bond acceptors (Lipinski definition) is 5. The van der Waals surface area contributed by atoms with E-state index in [1.807, 2.05) is 0 Å². The summed E-state index contributed by atoms with van der Waals surface area (Å²) in [6.45, 7) is 0. The monoisotopic (exact) mass is 421 g/mol. The number of nitrogens with zero attached hydrogens (tertiary/aromatic N) is 3. The van der Waals surface area contributed by atoms with Gasteiger partial charge in [0.05, 0.1) is 6.10 Å². The summed E-state index contributed by atoms with van der Waals surface area (Å²) in [5.41, 5.74) is 5.45. The third kappa shape index (κ3) is 3.58. The summed E-state index contributed by atoms with van der Waals surface area (Å²) in [5, 5.41) is 6.60. The number of rotatable bonds is 4. The number of amides is 2. The average Bonchev–Trinajstić information content (AvgIpc) is 2.79. The number of hydrogen-bond donors (Lipinski definition) is 2. The van der Waals surface area contributed by atoms with Crippen LogP contribution in [0.3, 0.4) is 0 Å². The molecule has 0 saturated heterocycles. The zero-order chi connectivity index (χ0) is 18.4. The Morgan fingerprint density at radius 2 is 2.08 bits per heavy atom. The summed E-state index contributed by atoms with van der Waals surface area (Å²) >= 11 is 3.08. The lowest BCUT2D eigenvalue weighted by molar-refractivity contribution is -0.351. The number of carbonyl (C=O) groups excluding carboxylic acids is 2. The molecule has 1 aliphatic rings. The van der Waals surface area contributed by atoms with Crippen molar-refractivity contribution in [2.24, 2.45) is 5.73 Å². The summed E-state index contributed by atoms with van der Waals surface area (Å²) in [4.78, 5) is 27.8. The van der Waals surface area contributed by atoms with Crippen LogP contribution < -0.4 is 11.1 Å². The molecule has 1 aliphatic carbocycles. The Kier molecular flexibility index (Phi) is 4.41. The number of alkyl halides is 3. The van der Waals surface area contributed by atoms with Gasteiger partial charge in [0.1, 0.15) is 15.9 Å². The van der Waals surface area contributed by atoms with Crippen molar-refractivity contribution in [2.45, 2.75) is 31.3 Å². The summed E-state index contributed by atoms with van der Waals surface area (Å²) in [5.74, 6) is -1.33. The van der Waals surface area contributed by atoms with E-state index in [-0.39, 0.29) is 34.3 Å². The van der Waals surface area contributed by atoms with E-state index in [1.54, 1.807) is 0 Å². The Hall–Kier alpha value is -2.21. The van der Waals surface area contributed by atoms with Crippen LogP contribution in [0.15, 0.2) is 16.9 Å². The second-order valence-electron chi connectivity index (χ2n) is 5.42. The molecule has 2 amide bonds. The van der Waals surface area contributed by atoms with Crippen molar-refractivity contribution in [1.29, 1.82) is 0 Å². The van der Waals surface area contributed by atoms with Crippen LogP contribution in [0.25, 0.3) is 5.65 Å². The molecular weight excluding hydrogens is 411 g/mol. The minimum atomic E-state index is -4.69. The predicted octanol–water partition coefficient (Wildman–Crippen LogP) is 1.39. The van der Waals surface area contributed by atoms with Crippen molar-refractivity contribution in [3.8, 4) is 0 Å². The fourth-order valence-electron chi connectivity index (χ4n) is 2.53. The van der Waals surface area contributed by atoms with Gasteiger partial charge in [-0.25, -0.2) is 9.50 Å². The first kappa shape index (κ1) is 17.6. The molecule has 0 atom stereocenters. The number of nitrogens with two attached hydrogens (primary N) is 1. The van der Waals surface area contributed by atoms with Gasteiger partial charge in [-0.15, -0.1) is 13.2 Å². The van der Waals surface area contributed by atoms with Gasteiger partial charge in [-0.2, -0.15) is 5.10 Å². The van der Waals surface area contributed by atoms with Gasteiger partial charge in [0.15, 0.2) is 5.65 Å². The third-order valence-corrected chi connectivity index (χ3v) is 4.24. The fourth-order valence-corrected chi connectivity index (χ4v) is 3.06. The summed E-state index contributed by atoms with van der Waals surface area (Å²) in [6, 6.07) is 0.923. The van der Waals surface area contributed by atoms with Crippen molar-refractivity contribution >= 4 is 33.4 Å². The van der Waals surface area contributed by atoms with Crippen LogP contribution in [0.4, 0.5) is 13.2 Å². The standard InChI is InChI=1S/C13H11BrF3N5O3/c14-9-8(10(18)23)11-19-2-1-7(22(11)21-9)12(24)20-5-3-6(4-5)25-13(15,16)17/h1-2,5-6H,3-4H2,(H2,18,23)(H,20,24)/t5-,6+. The van der Waals surface area contributed by atoms with Crippen molar-refractivity contribution in [3.05, 3.63) is 28.1 Å². The highest BCUT2D eigenvalue weighted by Gasteiger charge is 2.40. The Bertz CT molecular complexity index is 847. The number of ether oxygens (including phenoxy) is 1. The maximum absolute atomic E-state index is 12.3. The minimum Gasteiger partial charge on any atom is -0.365 e. The summed E-state index contributed by atoms with van der Waals surface area (Å²) in [6.07, 6.45) is -4.25. The van der Waals surface area contributed by atoms with Gasteiger partial charge in [-0.3, -0.25) is 14.3 Å². The molecule has 12 heteroatoms. The number of fused-ring (bicyclic) bond motifs is 1. The Balaban J connectivity index is 1.74. The van der Waals surface area contributed by atoms with Gasteiger partial charge in [0.2, 0.25) is 0 Å². The highest BCUT2D eigenvalue weighted by molar-refractivity contribution is 9.10. The molecule has 134 valence electrons. The number of halogens is 4. The molecule has 0 aromatic carbocycles. The lowest BCUT2D eigenvalue weighted by atomic mass is 9.89. The highest BCUT2D eigenvalue weighted by Crippen LogP contribution is 2.30. The van der Waals surface area contributed by atoms with Crippen LogP contribution in [-0.2, 0) is 4.74 Å².